The molecule has 7 aromatic carbocycles. The van der Waals surface area contributed by atoms with Gasteiger partial charge in [0.2, 0.25) is 17.5 Å². The number of hydrogen-bond donors (Lipinski definition) is 0. The van der Waals surface area contributed by atoms with Crippen molar-refractivity contribution in [2.24, 2.45) is 0 Å². The number of halogens is 15. The van der Waals surface area contributed by atoms with Crippen LogP contribution >= 0.6 is 0 Å². The van der Waals surface area contributed by atoms with Crippen LogP contribution in [0, 0.1) is 87.3 Å². The van der Waals surface area contributed by atoms with Gasteiger partial charge in [0.25, 0.3) is 0 Å². The summed E-state index contributed by atoms with van der Waals surface area (Å²) in [6, 6.07) is 14.9. The molecule has 0 heterocycles. The Hall–Kier alpha value is -6.51. The molecule has 0 fully saturated rings. The summed E-state index contributed by atoms with van der Waals surface area (Å²) in [5.41, 5.74) is -15.6. The Balaban J connectivity index is 2.00. The van der Waals surface area contributed by atoms with E-state index in [4.69, 9.17) is 0 Å². The molecule has 0 aliphatic rings. The summed E-state index contributed by atoms with van der Waals surface area (Å²) < 4.78 is 241. The van der Waals surface area contributed by atoms with Crippen LogP contribution in [0.25, 0.3) is 66.8 Å². The van der Waals surface area contributed by atoms with E-state index in [0.29, 0.717) is 16.7 Å². The van der Waals surface area contributed by atoms with E-state index in [0.717, 1.165) is 36.4 Å². The first kappa shape index (κ1) is 50.4. The predicted octanol–water partition coefficient (Wildman–Crippen LogP) is 17.7. The maximum Gasteiger partial charge on any atom is 0.200 e. The Labute approximate surface area is 387 Å². The van der Waals surface area contributed by atoms with E-state index in [1.165, 1.54) is 36.4 Å². The molecule has 0 bridgehead atoms. The molecule has 0 unspecified atom stereocenters. The summed E-state index contributed by atoms with van der Waals surface area (Å²) in [6.07, 6.45) is 0. The molecule has 69 heavy (non-hydrogen) atoms. The van der Waals surface area contributed by atoms with Gasteiger partial charge in [-0.3, -0.25) is 0 Å². The molecule has 0 N–H and O–H groups in total. The van der Waals surface area contributed by atoms with Crippen molar-refractivity contribution in [2.45, 2.75) is 78.6 Å². The van der Waals surface area contributed by atoms with Crippen LogP contribution in [0.5, 0.6) is 0 Å². The zero-order chi connectivity index (χ0) is 51.3. The zero-order valence-electron chi connectivity index (χ0n) is 38.1. The van der Waals surface area contributed by atoms with Crippen molar-refractivity contribution in [1.82, 2.24) is 0 Å². The average Bonchev–Trinajstić information content (AvgIpc) is 3.29. The fourth-order valence-electron chi connectivity index (χ4n) is 8.25. The van der Waals surface area contributed by atoms with Crippen LogP contribution in [0.3, 0.4) is 0 Å². The minimum absolute atomic E-state index is 0.482. The summed E-state index contributed by atoms with van der Waals surface area (Å²) in [5.74, 6) is -40.1. The van der Waals surface area contributed by atoms with Crippen molar-refractivity contribution in [3.63, 3.8) is 0 Å². The molecule has 0 saturated heterocycles. The van der Waals surface area contributed by atoms with E-state index in [-0.39, 0.29) is 0 Å². The molecule has 0 amide bonds. The van der Waals surface area contributed by atoms with E-state index in [1.807, 2.05) is 0 Å². The largest absolute Gasteiger partial charge is 0.203 e. The lowest BCUT2D eigenvalue weighted by Gasteiger charge is -2.30. The molecule has 0 aliphatic heterocycles. The molecule has 0 radical (unpaired) electrons. The summed E-state index contributed by atoms with van der Waals surface area (Å²) in [5, 5.41) is 0. The molecule has 0 saturated carbocycles. The summed E-state index contributed by atoms with van der Waals surface area (Å²) in [6.45, 7) is 15.6. The van der Waals surface area contributed by atoms with Crippen molar-refractivity contribution < 1.29 is 65.9 Å². The molecular formula is C54H39F15. The van der Waals surface area contributed by atoms with Gasteiger partial charge in [-0.05, 0) is 66.3 Å². The van der Waals surface area contributed by atoms with E-state index in [1.54, 1.807) is 62.3 Å². The second kappa shape index (κ2) is 17.5. The van der Waals surface area contributed by atoms with Crippen molar-refractivity contribution >= 4 is 0 Å². The van der Waals surface area contributed by atoms with Crippen molar-refractivity contribution in [3.8, 4) is 66.8 Å². The molecule has 0 spiro atoms. The maximum absolute atomic E-state index is 16.9. The van der Waals surface area contributed by atoms with Gasteiger partial charge in [0, 0.05) is 16.7 Å². The molecule has 7 rings (SSSR count). The molecule has 15 heteroatoms. The molecule has 0 atom stereocenters. The van der Waals surface area contributed by atoms with Crippen molar-refractivity contribution in [1.29, 1.82) is 0 Å². The molecule has 0 aliphatic carbocycles. The summed E-state index contributed by atoms with van der Waals surface area (Å²) >= 11 is 0. The van der Waals surface area contributed by atoms with Gasteiger partial charge in [0.05, 0.1) is 16.7 Å². The lowest BCUT2D eigenvalue weighted by atomic mass is 9.72. The van der Waals surface area contributed by atoms with Gasteiger partial charge in [-0.25, -0.2) is 65.9 Å². The van der Waals surface area contributed by atoms with Gasteiger partial charge >= 0.3 is 0 Å². The Morgan fingerprint density at radius 3 is 0.478 bits per heavy atom. The number of benzene rings is 7. The number of hydrogen-bond acceptors (Lipinski definition) is 0. The minimum Gasteiger partial charge on any atom is -0.203 e. The average molecular weight is 973 g/mol. The topological polar surface area (TPSA) is 0 Å². The van der Waals surface area contributed by atoms with E-state index >= 15 is 52.7 Å². The summed E-state index contributed by atoms with van der Waals surface area (Å²) in [7, 11) is 0. The van der Waals surface area contributed by atoms with Gasteiger partial charge < -0.3 is 0 Å². The normalized spacial score (nSPS) is 12.3. The molecule has 7 aromatic rings. The SMILES string of the molecule is CC(C)(C)c1ccc(-c2c(-c3c(F)c(F)c(F)c(F)c3F)c(-c3ccc(C(C)(C)C)cc3)c(-c3c(F)c(F)c(F)c(F)c3F)c(-c3ccc(C(C)(C)C)cc3)c2-c2c(F)c(F)c(F)c(F)c2F)cc1. The van der Waals surface area contributed by atoms with Crippen molar-refractivity contribution in [2.75, 3.05) is 0 Å². The van der Waals surface area contributed by atoms with E-state index < -0.39 is 170 Å². The maximum atomic E-state index is 16.9. The second-order valence-corrected chi connectivity index (χ2v) is 19.6. The van der Waals surface area contributed by atoms with Crippen LogP contribution in [0.4, 0.5) is 65.9 Å². The quantitative estimate of drug-likeness (QED) is 0.0885. The van der Waals surface area contributed by atoms with Gasteiger partial charge in [-0.2, -0.15) is 0 Å². The van der Waals surface area contributed by atoms with Gasteiger partial charge in [0.1, 0.15) is 0 Å². The highest BCUT2D eigenvalue weighted by molar-refractivity contribution is 6.15. The van der Waals surface area contributed by atoms with Crippen LogP contribution in [0.15, 0.2) is 72.8 Å². The lowest BCUT2D eigenvalue weighted by Crippen LogP contribution is -2.13. The fourth-order valence-corrected chi connectivity index (χ4v) is 8.25. The third-order valence-electron chi connectivity index (χ3n) is 12.0. The fraction of sp³-hybridized carbons (Fsp3) is 0.222. The minimum atomic E-state index is -2.73. The Kier molecular flexibility index (Phi) is 12.8. The molecule has 0 aromatic heterocycles. The third-order valence-corrected chi connectivity index (χ3v) is 12.0. The monoisotopic (exact) mass is 972 g/mol. The highest BCUT2D eigenvalue weighted by Crippen LogP contribution is 2.59. The summed E-state index contributed by atoms with van der Waals surface area (Å²) in [4.78, 5) is 0. The van der Waals surface area contributed by atoms with E-state index in [9.17, 15) is 13.2 Å². The van der Waals surface area contributed by atoms with Crippen LogP contribution in [-0.4, -0.2) is 0 Å². The molecule has 0 nitrogen and oxygen atoms in total. The first-order valence-electron chi connectivity index (χ1n) is 21.0. The van der Waals surface area contributed by atoms with Gasteiger partial charge in [0.15, 0.2) is 69.8 Å². The Bertz CT molecular complexity index is 2770. The predicted molar refractivity (Wildman–Crippen MR) is 235 cm³/mol. The Morgan fingerprint density at radius 1 is 0.188 bits per heavy atom. The molecular weight excluding hydrogens is 934 g/mol. The first-order valence-corrected chi connectivity index (χ1v) is 21.0. The van der Waals surface area contributed by atoms with Crippen LogP contribution < -0.4 is 0 Å². The van der Waals surface area contributed by atoms with Gasteiger partial charge in [-0.15, -0.1) is 0 Å². The van der Waals surface area contributed by atoms with Crippen LogP contribution in [0.1, 0.15) is 79.0 Å². The lowest BCUT2D eigenvalue weighted by molar-refractivity contribution is 0.381. The standard InChI is InChI=1S/C54H39F15/c1-52(2,3)25-16-10-22(11-17-25)28-31(34-37(55)43(61)49(67)44(62)38(34)56)29(23-12-18-26(19-13-23)53(4,5)6)33(36-41(59)47(65)51(69)48(66)42(36)60)30(24-14-20-27(21-15-24)54(7,8)9)32(28)35-39(57)45(63)50(68)46(64)40(35)58/h10-21H,1-9H3. The van der Waals surface area contributed by atoms with Crippen molar-refractivity contribution in [3.05, 3.63) is 177 Å². The highest BCUT2D eigenvalue weighted by Gasteiger charge is 2.41. The smallest absolute Gasteiger partial charge is 0.200 e. The zero-order valence-corrected chi connectivity index (χ0v) is 38.1. The molecule has 360 valence electrons. The van der Waals surface area contributed by atoms with Crippen LogP contribution in [-0.2, 0) is 16.2 Å². The van der Waals surface area contributed by atoms with E-state index in [2.05, 4.69) is 0 Å². The third kappa shape index (κ3) is 8.34. The van der Waals surface area contributed by atoms with Gasteiger partial charge in [-0.1, -0.05) is 135 Å². The van der Waals surface area contributed by atoms with Crippen LogP contribution in [0.2, 0.25) is 0 Å². The number of rotatable bonds is 6. The second-order valence-electron chi connectivity index (χ2n) is 19.6. The Morgan fingerprint density at radius 2 is 0.333 bits per heavy atom. The highest BCUT2D eigenvalue weighted by atomic mass is 19.2. The first-order chi connectivity index (χ1) is 31.9.